The molecule has 0 spiro atoms. The number of aryl methyl sites for hydroxylation is 2. The minimum absolute atomic E-state index is 0.104. The fourth-order valence-electron chi connectivity index (χ4n) is 2.80. The second kappa shape index (κ2) is 7.13. The van der Waals surface area contributed by atoms with Crippen LogP contribution in [0.15, 0.2) is 53.8 Å². The Morgan fingerprint density at radius 3 is 2.74 bits per heavy atom. The van der Waals surface area contributed by atoms with Crippen molar-refractivity contribution < 1.29 is 0 Å². The highest BCUT2D eigenvalue weighted by atomic mass is 35.5. The van der Waals surface area contributed by atoms with Gasteiger partial charge < -0.3 is 0 Å². The van der Waals surface area contributed by atoms with E-state index in [-0.39, 0.29) is 5.28 Å². The van der Waals surface area contributed by atoms with Crippen LogP contribution < -0.4 is 5.43 Å². The molecule has 0 aliphatic carbocycles. The van der Waals surface area contributed by atoms with Gasteiger partial charge in [0.25, 0.3) is 0 Å². The third-order valence-electron chi connectivity index (χ3n) is 3.95. The number of fused-ring (bicyclic) bond motifs is 1. The lowest BCUT2D eigenvalue weighted by molar-refractivity contribution is 0.944. The normalized spacial score (nSPS) is 11.4. The maximum absolute atomic E-state index is 6.13. The summed E-state index contributed by atoms with van der Waals surface area (Å²) in [6, 6.07) is 13.7. The number of anilines is 1. The zero-order valence-corrected chi connectivity index (χ0v) is 15.5. The number of hydrogen-bond acceptors (Lipinski definition) is 6. The number of rotatable bonds is 4. The summed E-state index contributed by atoms with van der Waals surface area (Å²) >= 11 is 6.13. The van der Waals surface area contributed by atoms with Crippen LogP contribution in [0.2, 0.25) is 5.28 Å². The molecule has 3 aromatic heterocycles. The lowest BCUT2D eigenvalue weighted by atomic mass is 10.2. The van der Waals surface area contributed by atoms with Crippen molar-refractivity contribution in [3.8, 4) is 5.82 Å². The van der Waals surface area contributed by atoms with Crippen molar-refractivity contribution >= 4 is 34.8 Å². The molecule has 0 amide bonds. The average Bonchev–Trinajstić information content (AvgIpc) is 2.98. The van der Waals surface area contributed by atoms with Crippen LogP contribution in [0.3, 0.4) is 0 Å². The van der Waals surface area contributed by atoms with Crippen molar-refractivity contribution in [1.29, 1.82) is 0 Å². The molecule has 4 rings (SSSR count). The molecule has 134 valence electrons. The zero-order chi connectivity index (χ0) is 18.8. The molecular weight excluding hydrogens is 362 g/mol. The molecule has 0 aliphatic rings. The van der Waals surface area contributed by atoms with Gasteiger partial charge in [-0.05, 0) is 43.1 Å². The second-order valence-electron chi connectivity index (χ2n) is 5.98. The van der Waals surface area contributed by atoms with Gasteiger partial charge >= 0.3 is 0 Å². The predicted octanol–water partition coefficient (Wildman–Crippen LogP) is 3.93. The standard InChI is InChI=1S/C19H16ClN7/c1-12-6-5-7-14(10-12)11-22-26-17-16-18(25-19(20)24-17)27(13(2)23-16)15-8-3-4-9-21-15/h3-11H,1-2H3,(H,24,25,26). The SMILES string of the molecule is Cc1cccc(C=NNc2nc(Cl)nc3c2nc(C)n3-c2ccccn2)c1. The fourth-order valence-corrected chi connectivity index (χ4v) is 2.96. The molecule has 1 aromatic carbocycles. The monoisotopic (exact) mass is 377 g/mol. The molecule has 0 bridgehead atoms. The Balaban J connectivity index is 1.74. The number of hydrogen-bond donors (Lipinski definition) is 1. The minimum atomic E-state index is 0.104. The molecule has 0 saturated heterocycles. The van der Waals surface area contributed by atoms with Crippen LogP contribution in [0.25, 0.3) is 17.0 Å². The molecule has 1 N–H and O–H groups in total. The molecule has 0 radical (unpaired) electrons. The molecule has 8 heteroatoms. The summed E-state index contributed by atoms with van der Waals surface area (Å²) in [7, 11) is 0. The molecule has 0 fully saturated rings. The summed E-state index contributed by atoms with van der Waals surface area (Å²) in [6.45, 7) is 3.91. The molecule has 0 atom stereocenters. The number of pyridine rings is 1. The number of halogens is 1. The first-order valence-electron chi connectivity index (χ1n) is 8.31. The summed E-state index contributed by atoms with van der Waals surface area (Å²) in [4.78, 5) is 17.5. The van der Waals surface area contributed by atoms with E-state index in [2.05, 4.69) is 30.5 Å². The van der Waals surface area contributed by atoms with Gasteiger partial charge in [-0.25, -0.2) is 9.97 Å². The van der Waals surface area contributed by atoms with Crippen molar-refractivity contribution in [3.05, 3.63) is 70.9 Å². The first-order chi connectivity index (χ1) is 13.1. The van der Waals surface area contributed by atoms with Gasteiger partial charge in [0.15, 0.2) is 17.0 Å². The first kappa shape index (κ1) is 17.1. The number of imidazole rings is 1. The maximum Gasteiger partial charge on any atom is 0.226 e. The Bertz CT molecular complexity index is 1140. The van der Waals surface area contributed by atoms with Crippen LogP contribution in [0.1, 0.15) is 17.0 Å². The van der Waals surface area contributed by atoms with Gasteiger partial charge in [0.1, 0.15) is 11.6 Å². The third kappa shape index (κ3) is 3.50. The third-order valence-corrected chi connectivity index (χ3v) is 4.12. The molecule has 7 nitrogen and oxygen atoms in total. The lowest BCUT2D eigenvalue weighted by Crippen LogP contribution is -2.02. The van der Waals surface area contributed by atoms with Crippen LogP contribution >= 0.6 is 11.6 Å². The van der Waals surface area contributed by atoms with Crippen molar-refractivity contribution in [3.63, 3.8) is 0 Å². The number of benzene rings is 1. The largest absolute Gasteiger partial charge is 0.264 e. The minimum Gasteiger partial charge on any atom is -0.264 e. The Morgan fingerprint density at radius 1 is 1.07 bits per heavy atom. The molecule has 3 heterocycles. The quantitative estimate of drug-likeness (QED) is 0.331. The summed E-state index contributed by atoms with van der Waals surface area (Å²) in [6.07, 6.45) is 3.44. The Labute approximate surface area is 160 Å². The fraction of sp³-hybridized carbons (Fsp3) is 0.105. The van der Waals surface area contributed by atoms with E-state index in [1.54, 1.807) is 12.4 Å². The van der Waals surface area contributed by atoms with Gasteiger partial charge in [0, 0.05) is 6.20 Å². The van der Waals surface area contributed by atoms with Crippen LogP contribution in [0, 0.1) is 13.8 Å². The van der Waals surface area contributed by atoms with Crippen LogP contribution in [-0.2, 0) is 0 Å². The number of nitrogens with one attached hydrogen (secondary N) is 1. The molecule has 27 heavy (non-hydrogen) atoms. The van der Waals surface area contributed by atoms with Crippen molar-refractivity contribution in [2.75, 3.05) is 5.43 Å². The number of nitrogens with zero attached hydrogens (tertiary/aromatic N) is 6. The van der Waals surface area contributed by atoms with Gasteiger partial charge in [-0.15, -0.1) is 0 Å². The molecule has 0 unspecified atom stereocenters. The molecular formula is C19H16ClN7. The smallest absolute Gasteiger partial charge is 0.226 e. The van der Waals surface area contributed by atoms with Crippen molar-refractivity contribution in [2.24, 2.45) is 5.10 Å². The van der Waals surface area contributed by atoms with E-state index in [0.717, 1.165) is 17.0 Å². The van der Waals surface area contributed by atoms with Gasteiger partial charge in [-0.1, -0.05) is 35.9 Å². The summed E-state index contributed by atoms with van der Waals surface area (Å²) < 4.78 is 1.83. The van der Waals surface area contributed by atoms with E-state index >= 15 is 0 Å². The Morgan fingerprint density at radius 2 is 1.96 bits per heavy atom. The zero-order valence-electron chi connectivity index (χ0n) is 14.8. The van der Waals surface area contributed by atoms with E-state index in [1.165, 1.54) is 0 Å². The van der Waals surface area contributed by atoms with Crippen LogP contribution in [0.5, 0.6) is 0 Å². The number of hydrazone groups is 1. The van der Waals surface area contributed by atoms with Gasteiger partial charge in [0.05, 0.1) is 6.21 Å². The van der Waals surface area contributed by atoms with Gasteiger partial charge in [-0.2, -0.15) is 15.1 Å². The van der Waals surface area contributed by atoms with E-state index in [0.29, 0.717) is 22.8 Å². The van der Waals surface area contributed by atoms with Crippen LogP contribution in [-0.4, -0.2) is 30.7 Å². The Hall–Kier alpha value is -3.32. The lowest BCUT2D eigenvalue weighted by Gasteiger charge is -2.05. The van der Waals surface area contributed by atoms with E-state index in [1.807, 2.05) is 60.9 Å². The predicted molar refractivity (Wildman–Crippen MR) is 107 cm³/mol. The highest BCUT2D eigenvalue weighted by molar-refractivity contribution is 6.28. The van der Waals surface area contributed by atoms with E-state index in [4.69, 9.17) is 11.6 Å². The highest BCUT2D eigenvalue weighted by Crippen LogP contribution is 2.25. The molecule has 4 aromatic rings. The first-order valence-corrected chi connectivity index (χ1v) is 8.69. The topological polar surface area (TPSA) is 80.9 Å². The van der Waals surface area contributed by atoms with Crippen molar-refractivity contribution in [1.82, 2.24) is 24.5 Å². The maximum atomic E-state index is 6.13. The van der Waals surface area contributed by atoms with Gasteiger partial charge in [-0.3, -0.25) is 9.99 Å². The van der Waals surface area contributed by atoms with E-state index < -0.39 is 0 Å². The molecule has 0 aliphatic heterocycles. The van der Waals surface area contributed by atoms with E-state index in [9.17, 15) is 0 Å². The average molecular weight is 378 g/mol. The number of aromatic nitrogens is 5. The second-order valence-corrected chi connectivity index (χ2v) is 6.32. The van der Waals surface area contributed by atoms with Crippen molar-refractivity contribution in [2.45, 2.75) is 13.8 Å². The highest BCUT2D eigenvalue weighted by Gasteiger charge is 2.17. The summed E-state index contributed by atoms with van der Waals surface area (Å²) in [5, 5.41) is 4.37. The van der Waals surface area contributed by atoms with Gasteiger partial charge in [0.2, 0.25) is 5.28 Å². The Kier molecular flexibility index (Phi) is 4.52. The summed E-state index contributed by atoms with van der Waals surface area (Å²) in [5.74, 6) is 1.87. The molecule has 0 saturated carbocycles. The summed E-state index contributed by atoms with van der Waals surface area (Å²) in [5.41, 5.74) is 6.21. The van der Waals surface area contributed by atoms with Crippen LogP contribution in [0.4, 0.5) is 5.82 Å².